The standard InChI is InChI=1S/C11H7F3N2O2/c12-7-2-1-6(8(13)9(7)14)11(10(17)18)3-15-5-16-4-11/h1-3,5H,4H2,(H,17,18). The van der Waals surface area contributed by atoms with E-state index in [2.05, 4.69) is 9.98 Å². The largest absolute Gasteiger partial charge is 0.480 e. The zero-order valence-electron chi connectivity index (χ0n) is 8.90. The highest BCUT2D eigenvalue weighted by Crippen LogP contribution is 2.29. The predicted octanol–water partition coefficient (Wildman–Crippen LogP) is 1.54. The van der Waals surface area contributed by atoms with Gasteiger partial charge >= 0.3 is 5.97 Å². The number of hydrogen-bond acceptors (Lipinski definition) is 3. The van der Waals surface area contributed by atoms with Crippen molar-refractivity contribution in [3.63, 3.8) is 0 Å². The topological polar surface area (TPSA) is 62.0 Å². The summed E-state index contributed by atoms with van der Waals surface area (Å²) in [7, 11) is 0. The maximum Gasteiger partial charge on any atom is 0.321 e. The first-order valence-electron chi connectivity index (χ1n) is 4.89. The minimum Gasteiger partial charge on any atom is -0.480 e. The lowest BCUT2D eigenvalue weighted by Gasteiger charge is -2.25. The van der Waals surface area contributed by atoms with Crippen molar-refractivity contribution >= 4 is 18.5 Å². The third-order valence-electron chi connectivity index (χ3n) is 2.68. The lowest BCUT2D eigenvalue weighted by molar-refractivity contribution is -0.140. The summed E-state index contributed by atoms with van der Waals surface area (Å²) in [5, 5.41) is 9.18. The van der Waals surface area contributed by atoms with E-state index in [1.807, 2.05) is 0 Å². The van der Waals surface area contributed by atoms with E-state index < -0.39 is 34.4 Å². The molecule has 1 aromatic carbocycles. The molecule has 1 N–H and O–H groups in total. The molecule has 1 heterocycles. The van der Waals surface area contributed by atoms with Crippen LogP contribution in [0.2, 0.25) is 0 Å². The highest BCUT2D eigenvalue weighted by atomic mass is 19.2. The van der Waals surface area contributed by atoms with Gasteiger partial charge in [-0.1, -0.05) is 6.07 Å². The number of nitrogens with zero attached hydrogens (tertiary/aromatic N) is 2. The predicted molar refractivity (Wildman–Crippen MR) is 57.5 cm³/mol. The van der Waals surface area contributed by atoms with Gasteiger partial charge in [-0.15, -0.1) is 0 Å². The molecule has 0 saturated carbocycles. The Balaban J connectivity index is 2.65. The average Bonchev–Trinajstić information content (AvgIpc) is 2.37. The van der Waals surface area contributed by atoms with Gasteiger partial charge in [-0.3, -0.25) is 9.79 Å². The number of carbonyl (C=O) groups is 1. The monoisotopic (exact) mass is 256 g/mol. The maximum atomic E-state index is 13.7. The molecule has 0 aromatic heterocycles. The second kappa shape index (κ2) is 4.25. The molecule has 1 aromatic rings. The molecule has 7 heteroatoms. The van der Waals surface area contributed by atoms with Gasteiger partial charge in [-0.25, -0.2) is 18.2 Å². The first kappa shape index (κ1) is 12.3. The second-order valence-electron chi connectivity index (χ2n) is 3.73. The summed E-state index contributed by atoms with van der Waals surface area (Å²) in [6.07, 6.45) is 2.07. The Morgan fingerprint density at radius 2 is 2.00 bits per heavy atom. The summed E-state index contributed by atoms with van der Waals surface area (Å²) >= 11 is 0. The normalized spacial score (nSPS) is 22.2. The Morgan fingerprint density at radius 3 is 2.56 bits per heavy atom. The van der Waals surface area contributed by atoms with Crippen LogP contribution in [-0.2, 0) is 10.2 Å². The molecule has 18 heavy (non-hydrogen) atoms. The third-order valence-corrected chi connectivity index (χ3v) is 2.68. The number of benzene rings is 1. The number of hydrogen-bond donors (Lipinski definition) is 1. The fourth-order valence-corrected chi connectivity index (χ4v) is 1.70. The second-order valence-corrected chi connectivity index (χ2v) is 3.73. The van der Waals surface area contributed by atoms with Crippen LogP contribution in [0.15, 0.2) is 22.1 Å². The zero-order chi connectivity index (χ0) is 13.3. The third kappa shape index (κ3) is 1.68. The van der Waals surface area contributed by atoms with Gasteiger partial charge < -0.3 is 5.11 Å². The first-order valence-corrected chi connectivity index (χ1v) is 4.89. The van der Waals surface area contributed by atoms with E-state index in [0.29, 0.717) is 6.07 Å². The van der Waals surface area contributed by atoms with E-state index in [1.54, 1.807) is 0 Å². The molecule has 1 unspecified atom stereocenters. The van der Waals surface area contributed by atoms with E-state index in [1.165, 1.54) is 0 Å². The van der Waals surface area contributed by atoms with E-state index >= 15 is 0 Å². The van der Waals surface area contributed by atoms with Crippen LogP contribution in [-0.4, -0.2) is 30.2 Å². The van der Waals surface area contributed by atoms with E-state index in [-0.39, 0.29) is 6.54 Å². The van der Waals surface area contributed by atoms with Crippen LogP contribution in [0.4, 0.5) is 13.2 Å². The van der Waals surface area contributed by atoms with Crippen molar-refractivity contribution in [2.75, 3.05) is 6.54 Å². The molecule has 0 radical (unpaired) electrons. The smallest absolute Gasteiger partial charge is 0.321 e. The van der Waals surface area contributed by atoms with Crippen molar-refractivity contribution in [3.05, 3.63) is 35.1 Å². The molecular weight excluding hydrogens is 249 g/mol. The minimum atomic E-state index is -1.91. The lowest BCUT2D eigenvalue weighted by atomic mass is 9.80. The Kier molecular flexibility index (Phi) is 2.90. The fraction of sp³-hybridized carbons (Fsp3) is 0.182. The number of carboxylic acid groups (broad SMARTS) is 1. The van der Waals surface area contributed by atoms with Crippen molar-refractivity contribution in [2.24, 2.45) is 9.98 Å². The molecule has 0 fully saturated rings. The quantitative estimate of drug-likeness (QED) is 0.816. The Morgan fingerprint density at radius 1 is 1.28 bits per heavy atom. The van der Waals surface area contributed by atoms with Crippen LogP contribution in [0, 0.1) is 17.5 Å². The van der Waals surface area contributed by atoms with E-state index in [4.69, 9.17) is 0 Å². The van der Waals surface area contributed by atoms with Crippen molar-refractivity contribution < 1.29 is 23.1 Å². The highest BCUT2D eigenvalue weighted by molar-refractivity contribution is 6.04. The van der Waals surface area contributed by atoms with Gasteiger partial charge in [0.1, 0.15) is 6.34 Å². The van der Waals surface area contributed by atoms with Gasteiger partial charge in [0, 0.05) is 11.8 Å². The number of aliphatic carboxylic acids is 1. The summed E-state index contributed by atoms with van der Waals surface area (Å²) in [4.78, 5) is 18.5. The number of halogens is 3. The van der Waals surface area contributed by atoms with Crippen LogP contribution in [0.1, 0.15) is 5.56 Å². The summed E-state index contributed by atoms with van der Waals surface area (Å²) in [5.74, 6) is -6.07. The van der Waals surface area contributed by atoms with Crippen LogP contribution >= 0.6 is 0 Å². The van der Waals surface area contributed by atoms with Crippen LogP contribution in [0.5, 0.6) is 0 Å². The molecule has 0 spiro atoms. The molecule has 4 nitrogen and oxygen atoms in total. The van der Waals surface area contributed by atoms with Gasteiger partial charge in [-0.05, 0) is 6.07 Å². The van der Waals surface area contributed by atoms with E-state index in [0.717, 1.165) is 18.6 Å². The fourth-order valence-electron chi connectivity index (χ4n) is 1.70. The molecule has 0 bridgehead atoms. The van der Waals surface area contributed by atoms with Crippen molar-refractivity contribution in [3.8, 4) is 0 Å². The molecule has 1 aliphatic heterocycles. The van der Waals surface area contributed by atoms with Crippen molar-refractivity contribution in [1.82, 2.24) is 0 Å². The minimum absolute atomic E-state index is 0.326. The van der Waals surface area contributed by atoms with Gasteiger partial charge in [0.05, 0.1) is 6.54 Å². The Hall–Kier alpha value is -2.18. The number of carboxylic acids is 1. The van der Waals surface area contributed by atoms with Crippen molar-refractivity contribution in [1.29, 1.82) is 0 Å². The molecule has 1 aliphatic rings. The SMILES string of the molecule is O=C(O)C1(c2ccc(F)c(F)c2F)C=NC=NC1. The van der Waals surface area contributed by atoms with Gasteiger partial charge in [-0.2, -0.15) is 0 Å². The first-order chi connectivity index (χ1) is 8.49. The lowest BCUT2D eigenvalue weighted by Crippen LogP contribution is -2.43. The summed E-state index contributed by atoms with van der Waals surface area (Å²) in [6, 6.07) is 1.55. The van der Waals surface area contributed by atoms with Crippen LogP contribution in [0.25, 0.3) is 0 Å². The molecule has 1 atom stereocenters. The van der Waals surface area contributed by atoms with Crippen LogP contribution < -0.4 is 0 Å². The van der Waals surface area contributed by atoms with Crippen LogP contribution in [0.3, 0.4) is 0 Å². The summed E-state index contributed by atoms with van der Waals surface area (Å²) < 4.78 is 39.6. The molecule has 0 saturated heterocycles. The molecular formula is C11H7F3N2O2. The number of aliphatic imine (C=N–C) groups is 2. The highest BCUT2D eigenvalue weighted by Gasteiger charge is 2.43. The van der Waals surface area contributed by atoms with Gasteiger partial charge in [0.15, 0.2) is 22.9 Å². The van der Waals surface area contributed by atoms with Gasteiger partial charge in [0.25, 0.3) is 0 Å². The maximum absolute atomic E-state index is 13.7. The number of rotatable bonds is 2. The summed E-state index contributed by atoms with van der Waals surface area (Å²) in [6.45, 7) is -0.326. The summed E-state index contributed by atoms with van der Waals surface area (Å²) in [5.41, 5.74) is -2.41. The molecule has 0 amide bonds. The average molecular weight is 256 g/mol. The molecule has 94 valence electrons. The molecule has 0 aliphatic carbocycles. The Labute approximate surface area is 99.5 Å². The van der Waals surface area contributed by atoms with E-state index in [9.17, 15) is 23.1 Å². The zero-order valence-corrected chi connectivity index (χ0v) is 8.90. The Bertz CT molecular complexity index is 572. The molecule has 2 rings (SSSR count). The van der Waals surface area contributed by atoms with Gasteiger partial charge in [0.2, 0.25) is 0 Å². The van der Waals surface area contributed by atoms with Crippen molar-refractivity contribution in [2.45, 2.75) is 5.41 Å².